The van der Waals surface area contributed by atoms with E-state index in [0.717, 1.165) is 36.6 Å². The number of carbonyl (C=O) groups is 1. The number of benzene rings is 1. The molecule has 26 heavy (non-hydrogen) atoms. The molecule has 1 aliphatic rings. The maximum absolute atomic E-state index is 11.3. The average Bonchev–Trinajstić information content (AvgIpc) is 2.65. The molecule has 2 heterocycles. The molecule has 0 bridgehead atoms. The van der Waals surface area contributed by atoms with E-state index in [1.807, 2.05) is 42.6 Å². The molecule has 1 fully saturated rings. The van der Waals surface area contributed by atoms with E-state index in [1.54, 1.807) is 25.8 Å². The number of anilines is 2. The Morgan fingerprint density at radius 2 is 1.77 bits per heavy atom. The van der Waals surface area contributed by atoms with Crippen LogP contribution < -0.4 is 10.6 Å². The van der Waals surface area contributed by atoms with E-state index in [9.17, 15) is 4.79 Å². The van der Waals surface area contributed by atoms with Gasteiger partial charge in [-0.1, -0.05) is 0 Å². The van der Waals surface area contributed by atoms with Gasteiger partial charge in [-0.15, -0.1) is 12.3 Å². The third kappa shape index (κ3) is 5.80. The van der Waals surface area contributed by atoms with Crippen molar-refractivity contribution in [2.45, 2.75) is 18.7 Å². The maximum Gasteiger partial charge on any atom is 0.159 e. The van der Waals surface area contributed by atoms with Gasteiger partial charge in [-0.2, -0.15) is 0 Å². The van der Waals surface area contributed by atoms with Crippen LogP contribution in [0.15, 0.2) is 47.5 Å². The molecule has 1 saturated heterocycles. The topological polar surface area (TPSA) is 62.5 Å². The first kappa shape index (κ1) is 19.8. The summed E-state index contributed by atoms with van der Waals surface area (Å²) in [6.07, 6.45) is 6.41. The Kier molecular flexibility index (Phi) is 7.52. The number of nitrogens with two attached hydrogens (primary N) is 1. The largest absolute Gasteiger partial charge is 0.384 e. The van der Waals surface area contributed by atoms with Gasteiger partial charge < -0.3 is 10.6 Å². The standard InChI is InChI=1S/C17H20N4OS.C3H4/c1-13(22)14-2-4-15(5-3-14)20-8-10-21(11-9-20)23-16-6-7-17(18)19-12-16;1-3-2/h2-7,12H,8-11H2,1H3,(H2,18,19);1H,2H3. The van der Waals surface area contributed by atoms with Crippen LogP contribution in [0.1, 0.15) is 24.2 Å². The molecule has 0 atom stereocenters. The summed E-state index contributed by atoms with van der Waals surface area (Å²) in [5.74, 6) is 2.91. The monoisotopic (exact) mass is 368 g/mol. The molecule has 6 heteroatoms. The van der Waals surface area contributed by atoms with Gasteiger partial charge in [0.2, 0.25) is 0 Å². The Bertz CT molecular complexity index is 745. The van der Waals surface area contributed by atoms with Crippen LogP contribution >= 0.6 is 11.9 Å². The number of carbonyl (C=O) groups excluding carboxylic acids is 1. The summed E-state index contributed by atoms with van der Waals surface area (Å²) in [4.78, 5) is 18.9. The lowest BCUT2D eigenvalue weighted by Gasteiger charge is -2.35. The number of terminal acetylenes is 1. The summed E-state index contributed by atoms with van der Waals surface area (Å²) >= 11 is 1.72. The number of hydrogen-bond acceptors (Lipinski definition) is 6. The van der Waals surface area contributed by atoms with E-state index in [-0.39, 0.29) is 5.78 Å². The minimum atomic E-state index is 0.106. The minimum absolute atomic E-state index is 0.106. The predicted molar refractivity (Wildman–Crippen MR) is 109 cm³/mol. The van der Waals surface area contributed by atoms with Gasteiger partial charge in [0, 0.05) is 48.5 Å². The highest BCUT2D eigenvalue weighted by molar-refractivity contribution is 7.97. The summed E-state index contributed by atoms with van der Waals surface area (Å²) in [7, 11) is 0. The number of pyridine rings is 1. The molecule has 5 nitrogen and oxygen atoms in total. The van der Waals surface area contributed by atoms with Crippen molar-refractivity contribution in [2.24, 2.45) is 0 Å². The van der Waals surface area contributed by atoms with Gasteiger partial charge in [0.05, 0.1) is 0 Å². The van der Waals surface area contributed by atoms with Gasteiger partial charge in [-0.25, -0.2) is 9.29 Å². The molecule has 3 rings (SSSR count). The third-order valence-electron chi connectivity index (χ3n) is 3.87. The molecule has 0 aliphatic carbocycles. The van der Waals surface area contributed by atoms with Gasteiger partial charge in [0.25, 0.3) is 0 Å². The number of rotatable bonds is 4. The number of hydrogen-bond donors (Lipinski definition) is 1. The molecule has 1 aliphatic heterocycles. The first-order chi connectivity index (χ1) is 12.5. The number of Topliss-reactive ketones (excluding diaryl/α,β-unsaturated/α-hetero) is 1. The summed E-state index contributed by atoms with van der Waals surface area (Å²) in [6.45, 7) is 7.13. The highest BCUT2D eigenvalue weighted by atomic mass is 32.2. The minimum Gasteiger partial charge on any atom is -0.384 e. The molecule has 2 N–H and O–H groups in total. The molecule has 136 valence electrons. The van der Waals surface area contributed by atoms with Crippen molar-refractivity contribution >= 4 is 29.2 Å². The van der Waals surface area contributed by atoms with E-state index in [2.05, 4.69) is 26.5 Å². The zero-order valence-corrected chi connectivity index (χ0v) is 16.0. The fraction of sp³-hybridized carbons (Fsp3) is 0.300. The highest BCUT2D eigenvalue weighted by Crippen LogP contribution is 2.25. The SMILES string of the molecule is C#CC.CC(=O)c1ccc(N2CCN(Sc3ccc(N)nc3)CC2)cc1. The van der Waals surface area contributed by atoms with Crippen LogP contribution in [0.4, 0.5) is 11.5 Å². The molecule has 2 aromatic rings. The van der Waals surface area contributed by atoms with Crippen molar-refractivity contribution in [2.75, 3.05) is 36.8 Å². The first-order valence-electron chi connectivity index (χ1n) is 8.41. The second-order valence-electron chi connectivity index (χ2n) is 5.82. The van der Waals surface area contributed by atoms with E-state index < -0.39 is 0 Å². The van der Waals surface area contributed by atoms with Crippen LogP contribution in [0.25, 0.3) is 0 Å². The second-order valence-corrected chi connectivity index (χ2v) is 6.99. The molecule has 1 aromatic carbocycles. The molecule has 0 radical (unpaired) electrons. The smallest absolute Gasteiger partial charge is 0.159 e. The van der Waals surface area contributed by atoms with Crippen molar-refractivity contribution in [1.29, 1.82) is 0 Å². The molecule has 0 saturated carbocycles. The number of nitrogens with zero attached hydrogens (tertiary/aromatic N) is 3. The number of aromatic nitrogens is 1. The van der Waals surface area contributed by atoms with Gasteiger partial charge in [0.1, 0.15) is 5.82 Å². The molecule has 0 spiro atoms. The van der Waals surface area contributed by atoms with Crippen molar-refractivity contribution < 1.29 is 4.79 Å². The quantitative estimate of drug-likeness (QED) is 0.507. The molecule has 0 amide bonds. The zero-order chi connectivity index (χ0) is 18.9. The van der Waals surface area contributed by atoms with E-state index in [1.165, 1.54) is 5.69 Å². The van der Waals surface area contributed by atoms with Gasteiger partial charge in [-0.05, 0) is 62.2 Å². The van der Waals surface area contributed by atoms with Crippen LogP contribution in [0, 0.1) is 12.3 Å². The lowest BCUT2D eigenvalue weighted by atomic mass is 10.1. The first-order valence-corrected chi connectivity index (χ1v) is 9.18. The van der Waals surface area contributed by atoms with E-state index in [0.29, 0.717) is 5.82 Å². The van der Waals surface area contributed by atoms with Gasteiger partial charge in [0.15, 0.2) is 5.78 Å². The maximum atomic E-state index is 11.3. The Labute approximate surface area is 159 Å². The fourth-order valence-corrected chi connectivity index (χ4v) is 3.41. The van der Waals surface area contributed by atoms with Crippen molar-refractivity contribution in [3.63, 3.8) is 0 Å². The highest BCUT2D eigenvalue weighted by Gasteiger charge is 2.18. The van der Waals surface area contributed by atoms with Gasteiger partial charge in [-0.3, -0.25) is 4.79 Å². The summed E-state index contributed by atoms with van der Waals surface area (Å²) < 4.78 is 2.34. The number of piperazine rings is 1. The molecule has 1 aromatic heterocycles. The summed E-state index contributed by atoms with van der Waals surface area (Å²) in [6, 6.07) is 11.7. The van der Waals surface area contributed by atoms with E-state index >= 15 is 0 Å². The Morgan fingerprint density at radius 1 is 1.15 bits per heavy atom. The normalized spacial score (nSPS) is 14.1. The molecular weight excluding hydrogens is 344 g/mol. The van der Waals surface area contributed by atoms with Crippen molar-refractivity contribution in [3.05, 3.63) is 48.2 Å². The van der Waals surface area contributed by atoms with Crippen LogP contribution in [-0.4, -0.2) is 41.3 Å². The predicted octanol–water partition coefficient (Wildman–Crippen LogP) is 3.34. The average molecular weight is 369 g/mol. The molecular formula is C20H24N4OS. The van der Waals surface area contributed by atoms with Crippen LogP contribution in [-0.2, 0) is 0 Å². The Balaban J connectivity index is 0.000000758. The lowest BCUT2D eigenvalue weighted by molar-refractivity contribution is 0.101. The lowest BCUT2D eigenvalue weighted by Crippen LogP contribution is -2.43. The number of ketones is 1. The number of nitrogen functional groups attached to an aromatic ring is 1. The van der Waals surface area contributed by atoms with Crippen LogP contribution in [0.2, 0.25) is 0 Å². The Morgan fingerprint density at radius 3 is 2.27 bits per heavy atom. The molecule has 0 unspecified atom stereocenters. The third-order valence-corrected chi connectivity index (χ3v) is 4.95. The summed E-state index contributed by atoms with van der Waals surface area (Å²) in [5.41, 5.74) is 7.55. The second kappa shape index (κ2) is 9.85. The van der Waals surface area contributed by atoms with Crippen molar-refractivity contribution in [1.82, 2.24) is 9.29 Å². The van der Waals surface area contributed by atoms with Crippen LogP contribution in [0.5, 0.6) is 0 Å². The van der Waals surface area contributed by atoms with Gasteiger partial charge >= 0.3 is 0 Å². The fourth-order valence-electron chi connectivity index (χ4n) is 2.54. The Hall–Kier alpha value is -2.49. The van der Waals surface area contributed by atoms with E-state index in [4.69, 9.17) is 5.73 Å². The van der Waals surface area contributed by atoms with Crippen LogP contribution in [0.3, 0.4) is 0 Å². The van der Waals surface area contributed by atoms with Crippen molar-refractivity contribution in [3.8, 4) is 12.3 Å². The zero-order valence-electron chi connectivity index (χ0n) is 15.2. The summed E-state index contributed by atoms with van der Waals surface area (Å²) in [5, 5.41) is 0.